The van der Waals surface area contributed by atoms with Gasteiger partial charge in [-0.15, -0.1) is 0 Å². The van der Waals surface area contributed by atoms with E-state index in [0.29, 0.717) is 17.0 Å². The van der Waals surface area contributed by atoms with Crippen molar-refractivity contribution in [1.29, 1.82) is 0 Å². The van der Waals surface area contributed by atoms with E-state index in [-0.39, 0.29) is 23.7 Å². The molecule has 10 nitrogen and oxygen atoms in total. The monoisotopic (exact) mass is 480 g/mol. The summed E-state index contributed by atoms with van der Waals surface area (Å²) in [6.07, 6.45) is -1.39. The Labute approximate surface area is 201 Å². The van der Waals surface area contributed by atoms with Gasteiger partial charge in [0.05, 0.1) is 31.8 Å². The van der Waals surface area contributed by atoms with E-state index in [2.05, 4.69) is 5.32 Å². The average molecular weight is 480 g/mol. The number of nitrogens with zero attached hydrogens (tertiary/aromatic N) is 1. The van der Waals surface area contributed by atoms with Gasteiger partial charge < -0.3 is 24.3 Å². The molecule has 10 heteroatoms. The van der Waals surface area contributed by atoms with E-state index in [1.54, 1.807) is 61.5 Å². The summed E-state index contributed by atoms with van der Waals surface area (Å²) in [6.45, 7) is 1.95. The van der Waals surface area contributed by atoms with Crippen LogP contribution in [0, 0.1) is 10.1 Å². The zero-order valence-electron chi connectivity index (χ0n) is 19.3. The van der Waals surface area contributed by atoms with Crippen molar-refractivity contribution >= 4 is 23.3 Å². The number of carbonyl (C=O) groups excluding carboxylic acids is 2. The van der Waals surface area contributed by atoms with Gasteiger partial charge in [0, 0.05) is 17.3 Å². The molecule has 0 aliphatic rings. The molecule has 1 N–H and O–H groups in total. The first-order chi connectivity index (χ1) is 16.9. The fourth-order valence-electron chi connectivity index (χ4n) is 3.25. The predicted octanol–water partition coefficient (Wildman–Crippen LogP) is 4.55. The van der Waals surface area contributed by atoms with E-state index in [9.17, 15) is 19.7 Å². The number of nitro benzene ring substituents is 1. The summed E-state index contributed by atoms with van der Waals surface area (Å²) in [6, 6.07) is 17.2. The third-order valence-corrected chi connectivity index (χ3v) is 4.92. The molecule has 3 rings (SSSR count). The van der Waals surface area contributed by atoms with Gasteiger partial charge in [-0.05, 0) is 31.2 Å². The number of anilines is 1. The van der Waals surface area contributed by atoms with Crippen molar-refractivity contribution in [1.82, 2.24) is 0 Å². The first-order valence-corrected chi connectivity index (χ1v) is 10.6. The Morgan fingerprint density at radius 2 is 1.66 bits per heavy atom. The van der Waals surface area contributed by atoms with Crippen molar-refractivity contribution in [2.45, 2.75) is 13.0 Å². The number of esters is 1. The van der Waals surface area contributed by atoms with Crippen LogP contribution in [0.2, 0.25) is 0 Å². The molecule has 0 aromatic heterocycles. The highest BCUT2D eigenvalue weighted by molar-refractivity contribution is 6.00. The zero-order chi connectivity index (χ0) is 25.4. The number of amides is 1. The predicted molar refractivity (Wildman–Crippen MR) is 127 cm³/mol. The van der Waals surface area contributed by atoms with Crippen LogP contribution in [0.3, 0.4) is 0 Å². The maximum Gasteiger partial charge on any atom is 0.346 e. The maximum atomic E-state index is 13.1. The molecule has 182 valence electrons. The Morgan fingerprint density at radius 1 is 0.971 bits per heavy atom. The van der Waals surface area contributed by atoms with Crippen molar-refractivity contribution in [3.8, 4) is 17.2 Å². The van der Waals surface area contributed by atoms with Gasteiger partial charge in [0.1, 0.15) is 11.3 Å². The number of nitro groups is 1. The molecule has 35 heavy (non-hydrogen) atoms. The molecule has 0 aliphatic heterocycles. The van der Waals surface area contributed by atoms with E-state index in [0.717, 1.165) is 6.07 Å². The standard InChI is InChI=1S/C25H24N2O8/c1-4-34-22-14-19(20(27(30)31)15-21(22)33-3)25(29)35-23(16-8-6-5-7-9-16)24(28)26-17-10-12-18(32-2)13-11-17/h5-15,23H,4H2,1-3H3,(H,26,28). The van der Waals surface area contributed by atoms with Crippen LogP contribution < -0.4 is 19.5 Å². The van der Waals surface area contributed by atoms with Crippen LogP contribution in [0.1, 0.15) is 28.9 Å². The third kappa shape index (κ3) is 6.05. The topological polar surface area (TPSA) is 126 Å². The quantitative estimate of drug-likeness (QED) is 0.254. The highest BCUT2D eigenvalue weighted by atomic mass is 16.6. The molecule has 1 atom stereocenters. The summed E-state index contributed by atoms with van der Waals surface area (Å²) >= 11 is 0. The molecule has 0 radical (unpaired) electrons. The van der Waals surface area contributed by atoms with Gasteiger partial charge in [-0.3, -0.25) is 14.9 Å². The van der Waals surface area contributed by atoms with Gasteiger partial charge in [0.25, 0.3) is 11.6 Å². The van der Waals surface area contributed by atoms with Crippen LogP contribution in [0.25, 0.3) is 0 Å². The lowest BCUT2D eigenvalue weighted by Crippen LogP contribution is -2.26. The number of carbonyl (C=O) groups is 2. The Morgan fingerprint density at radius 3 is 2.23 bits per heavy atom. The lowest BCUT2D eigenvalue weighted by Gasteiger charge is -2.19. The first kappa shape index (κ1) is 25.0. The molecule has 0 spiro atoms. The lowest BCUT2D eigenvalue weighted by atomic mass is 10.1. The van der Waals surface area contributed by atoms with Crippen molar-refractivity contribution in [3.63, 3.8) is 0 Å². The highest BCUT2D eigenvalue weighted by Crippen LogP contribution is 2.36. The van der Waals surface area contributed by atoms with Gasteiger partial charge in [0.15, 0.2) is 11.5 Å². The summed E-state index contributed by atoms with van der Waals surface area (Å²) < 4.78 is 21.2. The number of benzene rings is 3. The van der Waals surface area contributed by atoms with Gasteiger partial charge in [-0.1, -0.05) is 30.3 Å². The van der Waals surface area contributed by atoms with Crippen LogP contribution in [0.5, 0.6) is 17.2 Å². The van der Waals surface area contributed by atoms with Crippen LogP contribution in [-0.4, -0.2) is 37.6 Å². The van der Waals surface area contributed by atoms with Crippen molar-refractivity contribution in [3.05, 3.63) is 88.0 Å². The van der Waals surface area contributed by atoms with Crippen molar-refractivity contribution < 1.29 is 33.5 Å². The Bertz CT molecular complexity index is 1200. The second kappa shape index (κ2) is 11.5. The Kier molecular flexibility index (Phi) is 8.23. The fraction of sp³-hybridized carbons (Fsp3) is 0.200. The largest absolute Gasteiger partial charge is 0.497 e. The number of methoxy groups -OCH3 is 2. The zero-order valence-corrected chi connectivity index (χ0v) is 19.3. The number of ether oxygens (including phenoxy) is 4. The Balaban J connectivity index is 1.95. The minimum absolute atomic E-state index is 0.0898. The second-order valence-corrected chi connectivity index (χ2v) is 7.12. The van der Waals surface area contributed by atoms with E-state index < -0.39 is 28.6 Å². The number of nitrogens with one attached hydrogen (secondary N) is 1. The third-order valence-electron chi connectivity index (χ3n) is 4.92. The molecule has 0 aliphatic carbocycles. The number of rotatable bonds is 10. The lowest BCUT2D eigenvalue weighted by molar-refractivity contribution is -0.385. The van der Waals surface area contributed by atoms with Gasteiger partial charge in [0.2, 0.25) is 6.10 Å². The van der Waals surface area contributed by atoms with Crippen LogP contribution in [0.15, 0.2) is 66.7 Å². The van der Waals surface area contributed by atoms with Crippen LogP contribution in [-0.2, 0) is 9.53 Å². The van der Waals surface area contributed by atoms with Gasteiger partial charge in [-0.2, -0.15) is 0 Å². The molecule has 0 bridgehead atoms. The van der Waals surface area contributed by atoms with Gasteiger partial charge in [-0.25, -0.2) is 4.79 Å². The van der Waals surface area contributed by atoms with E-state index in [1.807, 2.05) is 0 Å². The SMILES string of the molecule is CCOc1cc(C(=O)OC(C(=O)Nc2ccc(OC)cc2)c2ccccc2)c([N+](=O)[O-])cc1OC. The van der Waals surface area contributed by atoms with E-state index >= 15 is 0 Å². The van der Waals surface area contributed by atoms with E-state index in [1.165, 1.54) is 20.3 Å². The second-order valence-electron chi connectivity index (χ2n) is 7.12. The summed E-state index contributed by atoms with van der Waals surface area (Å²) in [5.74, 6) is -0.889. The molecule has 1 unspecified atom stereocenters. The molecule has 0 saturated carbocycles. The molecule has 3 aromatic rings. The van der Waals surface area contributed by atoms with Crippen LogP contribution >= 0.6 is 0 Å². The molecule has 0 saturated heterocycles. The average Bonchev–Trinajstić information content (AvgIpc) is 2.87. The van der Waals surface area contributed by atoms with Crippen molar-refractivity contribution in [2.24, 2.45) is 0 Å². The minimum Gasteiger partial charge on any atom is -0.497 e. The maximum absolute atomic E-state index is 13.1. The summed E-state index contributed by atoms with van der Waals surface area (Å²) in [5, 5.41) is 14.3. The van der Waals surface area contributed by atoms with Crippen molar-refractivity contribution in [2.75, 3.05) is 26.1 Å². The molecule has 0 fully saturated rings. The molecular weight excluding hydrogens is 456 g/mol. The fourth-order valence-corrected chi connectivity index (χ4v) is 3.25. The summed E-state index contributed by atoms with van der Waals surface area (Å²) in [7, 11) is 2.85. The molecular formula is C25H24N2O8. The number of hydrogen-bond acceptors (Lipinski definition) is 8. The highest BCUT2D eigenvalue weighted by Gasteiger charge is 2.31. The smallest absolute Gasteiger partial charge is 0.346 e. The van der Waals surface area contributed by atoms with Gasteiger partial charge >= 0.3 is 5.97 Å². The first-order valence-electron chi connectivity index (χ1n) is 10.6. The van der Waals surface area contributed by atoms with Crippen LogP contribution in [0.4, 0.5) is 11.4 Å². The normalized spacial score (nSPS) is 11.2. The molecule has 0 heterocycles. The summed E-state index contributed by atoms with van der Waals surface area (Å²) in [4.78, 5) is 37.2. The molecule has 1 amide bonds. The van der Waals surface area contributed by atoms with E-state index in [4.69, 9.17) is 18.9 Å². The Hall–Kier alpha value is -4.60. The molecule has 3 aromatic carbocycles. The summed E-state index contributed by atoms with van der Waals surface area (Å²) in [5.41, 5.74) is -0.0926. The minimum atomic E-state index is -1.39. The number of hydrogen-bond donors (Lipinski definition) is 1.